The fraction of sp³-hybridized carbons (Fsp3) is 0.706. The second-order valence-corrected chi connectivity index (χ2v) is 8.77. The molecule has 0 saturated carbocycles. The lowest BCUT2D eigenvalue weighted by molar-refractivity contribution is 0.190. The van der Waals surface area contributed by atoms with Crippen LogP contribution in [0.1, 0.15) is 20.3 Å². The van der Waals surface area contributed by atoms with E-state index in [2.05, 4.69) is 47.5 Å². The third-order valence-corrected chi connectivity index (χ3v) is 6.01. The molecule has 1 heterocycles. The lowest BCUT2D eigenvalue weighted by Gasteiger charge is -2.33. The molecule has 8 heteroatoms. The van der Waals surface area contributed by atoms with Crippen molar-refractivity contribution in [3.05, 3.63) is 25.3 Å². The first-order valence-electron chi connectivity index (χ1n) is 8.46. The molecule has 25 heavy (non-hydrogen) atoms. The molecule has 2 N–H and O–H groups in total. The molecule has 0 amide bonds. The van der Waals surface area contributed by atoms with Gasteiger partial charge in [-0.05, 0) is 12.3 Å². The van der Waals surface area contributed by atoms with Gasteiger partial charge in [0.15, 0.2) is 15.8 Å². The molecular weight excluding hydrogens is 451 g/mol. The van der Waals surface area contributed by atoms with Crippen molar-refractivity contribution in [2.45, 2.75) is 32.4 Å². The van der Waals surface area contributed by atoms with Crippen LogP contribution >= 0.6 is 24.0 Å². The van der Waals surface area contributed by atoms with E-state index in [9.17, 15) is 8.42 Å². The fourth-order valence-corrected chi connectivity index (χ4v) is 4.63. The standard InChI is InChI=1S/C17H32N4O2S.HI/c1-6-9-21(10-7-2)16(14(3)4)12-19-17(18-5)20-15-8-11-24(22,23)13-15;/h6-7,14-16H,1-2,8-13H2,3-5H3,(H2,18,19,20);1H. The molecular formula is C17H33IN4O2S. The van der Waals surface area contributed by atoms with Gasteiger partial charge in [0.1, 0.15) is 0 Å². The van der Waals surface area contributed by atoms with Crippen LogP contribution in [-0.2, 0) is 9.84 Å². The van der Waals surface area contributed by atoms with Crippen molar-refractivity contribution < 1.29 is 8.42 Å². The fourth-order valence-electron chi connectivity index (χ4n) is 2.96. The number of hydrogen-bond acceptors (Lipinski definition) is 4. The van der Waals surface area contributed by atoms with Gasteiger partial charge in [-0.25, -0.2) is 8.42 Å². The minimum Gasteiger partial charge on any atom is -0.355 e. The molecule has 0 aromatic heterocycles. The van der Waals surface area contributed by atoms with Crippen molar-refractivity contribution in [3.63, 3.8) is 0 Å². The van der Waals surface area contributed by atoms with E-state index in [1.54, 1.807) is 7.05 Å². The second-order valence-electron chi connectivity index (χ2n) is 6.54. The zero-order valence-corrected chi connectivity index (χ0v) is 18.7. The van der Waals surface area contributed by atoms with Crippen LogP contribution in [0, 0.1) is 5.92 Å². The van der Waals surface area contributed by atoms with Crippen molar-refractivity contribution in [2.75, 3.05) is 38.2 Å². The van der Waals surface area contributed by atoms with Crippen LogP contribution in [0.2, 0.25) is 0 Å². The maximum atomic E-state index is 11.6. The second kappa shape index (κ2) is 11.9. The Morgan fingerprint density at radius 2 is 1.92 bits per heavy atom. The molecule has 0 aromatic carbocycles. The van der Waals surface area contributed by atoms with Gasteiger partial charge >= 0.3 is 0 Å². The number of sulfone groups is 1. The number of aliphatic imine (C=N–C) groups is 1. The van der Waals surface area contributed by atoms with Crippen LogP contribution < -0.4 is 10.6 Å². The lowest BCUT2D eigenvalue weighted by atomic mass is 10.0. The number of guanidine groups is 1. The van der Waals surface area contributed by atoms with E-state index in [-0.39, 0.29) is 41.5 Å². The van der Waals surface area contributed by atoms with Crippen molar-refractivity contribution in [1.29, 1.82) is 0 Å². The first-order chi connectivity index (χ1) is 11.3. The zero-order chi connectivity index (χ0) is 18.2. The van der Waals surface area contributed by atoms with Crippen molar-refractivity contribution in [1.82, 2.24) is 15.5 Å². The van der Waals surface area contributed by atoms with Crippen molar-refractivity contribution in [2.24, 2.45) is 10.9 Å². The quantitative estimate of drug-likeness (QED) is 0.226. The summed E-state index contributed by atoms with van der Waals surface area (Å²) in [5, 5.41) is 6.56. The summed E-state index contributed by atoms with van der Waals surface area (Å²) in [5.41, 5.74) is 0. The molecule has 1 rings (SSSR count). The van der Waals surface area contributed by atoms with Crippen LogP contribution in [0.25, 0.3) is 0 Å². The molecule has 0 bridgehead atoms. The highest BCUT2D eigenvalue weighted by molar-refractivity contribution is 14.0. The summed E-state index contributed by atoms with van der Waals surface area (Å²) in [4.78, 5) is 6.53. The summed E-state index contributed by atoms with van der Waals surface area (Å²) in [5.74, 6) is 1.53. The van der Waals surface area contributed by atoms with Gasteiger partial charge in [-0.15, -0.1) is 37.1 Å². The van der Waals surface area contributed by atoms with E-state index < -0.39 is 9.84 Å². The van der Waals surface area contributed by atoms with Gasteiger partial charge in [0.2, 0.25) is 0 Å². The Bertz CT molecular complexity index is 539. The van der Waals surface area contributed by atoms with E-state index in [0.29, 0.717) is 24.3 Å². The van der Waals surface area contributed by atoms with Gasteiger partial charge in [0.25, 0.3) is 0 Å². The lowest BCUT2D eigenvalue weighted by Crippen LogP contribution is -2.51. The number of rotatable bonds is 9. The molecule has 0 aliphatic carbocycles. The SMILES string of the molecule is C=CCN(CC=C)C(CNC(=NC)NC1CCS(=O)(=O)C1)C(C)C.I. The predicted molar refractivity (Wildman–Crippen MR) is 118 cm³/mol. The molecule has 1 aliphatic heterocycles. The van der Waals surface area contributed by atoms with Gasteiger partial charge in [0.05, 0.1) is 11.5 Å². The molecule has 2 unspecified atom stereocenters. The summed E-state index contributed by atoms with van der Waals surface area (Å²) >= 11 is 0. The molecule has 0 radical (unpaired) electrons. The topological polar surface area (TPSA) is 73.8 Å². The Balaban J connectivity index is 0.00000576. The van der Waals surface area contributed by atoms with Gasteiger partial charge in [-0.3, -0.25) is 9.89 Å². The number of halogens is 1. The zero-order valence-electron chi connectivity index (χ0n) is 15.6. The van der Waals surface area contributed by atoms with Crippen LogP contribution in [0.5, 0.6) is 0 Å². The molecule has 1 fully saturated rings. The average molecular weight is 484 g/mol. The molecule has 0 aromatic rings. The van der Waals surface area contributed by atoms with Gasteiger partial charge < -0.3 is 10.6 Å². The smallest absolute Gasteiger partial charge is 0.191 e. The van der Waals surface area contributed by atoms with E-state index in [0.717, 1.165) is 19.6 Å². The minimum absolute atomic E-state index is 0. The Morgan fingerprint density at radius 1 is 1.32 bits per heavy atom. The molecule has 0 spiro atoms. The summed E-state index contributed by atoms with van der Waals surface area (Å²) in [6.45, 7) is 14.3. The number of nitrogens with zero attached hydrogens (tertiary/aromatic N) is 2. The predicted octanol–water partition coefficient (Wildman–Crippen LogP) is 1.66. The third-order valence-electron chi connectivity index (χ3n) is 4.24. The van der Waals surface area contributed by atoms with Crippen LogP contribution in [0.4, 0.5) is 0 Å². The number of nitrogens with one attached hydrogen (secondary N) is 2. The van der Waals surface area contributed by atoms with Gasteiger partial charge in [-0.2, -0.15) is 0 Å². The Hall–Kier alpha value is -0.610. The first-order valence-corrected chi connectivity index (χ1v) is 10.3. The number of hydrogen-bond donors (Lipinski definition) is 2. The molecule has 1 aliphatic rings. The average Bonchev–Trinajstić information content (AvgIpc) is 2.85. The molecule has 1 saturated heterocycles. The van der Waals surface area contributed by atoms with E-state index in [4.69, 9.17) is 0 Å². The Morgan fingerprint density at radius 3 is 2.32 bits per heavy atom. The summed E-state index contributed by atoms with van der Waals surface area (Å²) in [7, 11) is -1.20. The van der Waals surface area contributed by atoms with Crippen LogP contribution in [0.3, 0.4) is 0 Å². The van der Waals surface area contributed by atoms with Crippen molar-refractivity contribution >= 4 is 39.8 Å². The van der Waals surface area contributed by atoms with E-state index >= 15 is 0 Å². The highest BCUT2D eigenvalue weighted by Gasteiger charge is 2.28. The Kier molecular flexibility index (Phi) is 11.6. The summed E-state index contributed by atoms with van der Waals surface area (Å²) < 4.78 is 23.1. The summed E-state index contributed by atoms with van der Waals surface area (Å²) in [6, 6.07) is 0.239. The van der Waals surface area contributed by atoms with E-state index in [1.807, 2.05) is 12.2 Å². The minimum atomic E-state index is -2.90. The molecule has 6 nitrogen and oxygen atoms in total. The Labute approximate surface area is 170 Å². The first kappa shape index (κ1) is 24.4. The largest absolute Gasteiger partial charge is 0.355 e. The maximum absolute atomic E-state index is 11.6. The monoisotopic (exact) mass is 484 g/mol. The third kappa shape index (κ3) is 8.54. The molecule has 2 atom stereocenters. The maximum Gasteiger partial charge on any atom is 0.191 e. The normalized spacial score (nSPS) is 20.8. The van der Waals surface area contributed by atoms with Gasteiger partial charge in [0, 0.05) is 38.8 Å². The van der Waals surface area contributed by atoms with Crippen molar-refractivity contribution in [3.8, 4) is 0 Å². The van der Waals surface area contributed by atoms with E-state index in [1.165, 1.54) is 0 Å². The summed E-state index contributed by atoms with van der Waals surface area (Å²) in [6.07, 6.45) is 4.43. The van der Waals surface area contributed by atoms with Gasteiger partial charge in [-0.1, -0.05) is 26.0 Å². The van der Waals surface area contributed by atoms with Crippen LogP contribution in [0.15, 0.2) is 30.3 Å². The highest BCUT2D eigenvalue weighted by Crippen LogP contribution is 2.12. The molecule has 146 valence electrons. The van der Waals surface area contributed by atoms with Crippen LogP contribution in [-0.4, -0.2) is 69.5 Å². The highest BCUT2D eigenvalue weighted by atomic mass is 127.